The molecule has 0 unspecified atom stereocenters. The minimum atomic E-state index is -0.744. The van der Waals surface area contributed by atoms with Gasteiger partial charge in [0.25, 0.3) is 5.69 Å². The summed E-state index contributed by atoms with van der Waals surface area (Å²) < 4.78 is 18.4. The van der Waals surface area contributed by atoms with Crippen molar-refractivity contribution < 1.29 is 18.8 Å². The van der Waals surface area contributed by atoms with Gasteiger partial charge in [0.05, 0.1) is 23.8 Å². The molecule has 0 aliphatic heterocycles. The van der Waals surface area contributed by atoms with Gasteiger partial charge in [0, 0.05) is 12.1 Å². The van der Waals surface area contributed by atoms with Crippen molar-refractivity contribution in [2.45, 2.75) is 19.9 Å². The fraction of sp³-hybridized carbons (Fsp3) is 0.417. The van der Waals surface area contributed by atoms with Crippen LogP contribution >= 0.6 is 0 Å². The summed E-state index contributed by atoms with van der Waals surface area (Å²) in [6, 6.07) is 3.17. The molecule has 6 nitrogen and oxygen atoms in total. The third-order valence-corrected chi connectivity index (χ3v) is 2.60. The Bertz CT molecular complexity index is 491. The highest BCUT2D eigenvalue weighted by atomic mass is 19.1. The molecule has 0 aromatic heterocycles. The number of hydrogen-bond donors (Lipinski definition) is 0. The van der Waals surface area contributed by atoms with Crippen molar-refractivity contribution >= 4 is 17.3 Å². The number of esters is 1. The van der Waals surface area contributed by atoms with Gasteiger partial charge >= 0.3 is 5.97 Å². The van der Waals surface area contributed by atoms with Crippen LogP contribution in [0.4, 0.5) is 15.8 Å². The van der Waals surface area contributed by atoms with E-state index >= 15 is 0 Å². The average Bonchev–Trinajstić information content (AvgIpc) is 2.35. The summed E-state index contributed by atoms with van der Waals surface area (Å²) in [4.78, 5) is 22.6. The second kappa shape index (κ2) is 6.12. The van der Waals surface area contributed by atoms with Gasteiger partial charge in [0.2, 0.25) is 0 Å². The molecule has 0 N–H and O–H groups in total. The van der Waals surface area contributed by atoms with E-state index in [1.807, 2.05) is 0 Å². The number of ether oxygens (including phenoxy) is 1. The monoisotopic (exact) mass is 270 g/mol. The highest BCUT2D eigenvalue weighted by Gasteiger charge is 2.20. The van der Waals surface area contributed by atoms with Crippen molar-refractivity contribution in [3.05, 3.63) is 34.1 Å². The van der Waals surface area contributed by atoms with Crippen LogP contribution in [-0.4, -0.2) is 30.6 Å². The van der Waals surface area contributed by atoms with Gasteiger partial charge in [0.1, 0.15) is 6.54 Å². The Balaban J connectivity index is 3.09. The van der Waals surface area contributed by atoms with Crippen molar-refractivity contribution in [3.8, 4) is 0 Å². The molecule has 104 valence electrons. The highest BCUT2D eigenvalue weighted by Crippen LogP contribution is 2.25. The molecular weight excluding hydrogens is 255 g/mol. The number of nitrogens with zero attached hydrogens (tertiary/aromatic N) is 2. The van der Waals surface area contributed by atoms with Crippen LogP contribution in [0.1, 0.15) is 13.8 Å². The van der Waals surface area contributed by atoms with E-state index in [4.69, 9.17) is 0 Å². The number of nitro groups is 1. The lowest BCUT2D eigenvalue weighted by Gasteiger charge is -2.27. The molecule has 0 saturated heterocycles. The maximum Gasteiger partial charge on any atom is 0.325 e. The van der Waals surface area contributed by atoms with E-state index in [0.717, 1.165) is 6.07 Å². The summed E-state index contributed by atoms with van der Waals surface area (Å²) in [6.07, 6.45) is 0. The van der Waals surface area contributed by atoms with Gasteiger partial charge in [-0.25, -0.2) is 4.39 Å². The molecule has 19 heavy (non-hydrogen) atoms. The zero-order valence-corrected chi connectivity index (χ0v) is 10.9. The number of anilines is 1. The number of rotatable bonds is 5. The number of non-ortho nitro benzene ring substituents is 1. The van der Waals surface area contributed by atoms with Crippen LogP contribution in [0.2, 0.25) is 0 Å². The first-order valence-corrected chi connectivity index (χ1v) is 5.64. The molecule has 7 heteroatoms. The number of halogens is 1. The number of methoxy groups -OCH3 is 1. The Morgan fingerprint density at radius 2 is 2.16 bits per heavy atom. The summed E-state index contributed by atoms with van der Waals surface area (Å²) in [7, 11) is 1.24. The largest absolute Gasteiger partial charge is 0.468 e. The van der Waals surface area contributed by atoms with Crippen LogP contribution in [0.25, 0.3) is 0 Å². The van der Waals surface area contributed by atoms with Gasteiger partial charge in [-0.05, 0) is 19.9 Å². The second-order valence-electron chi connectivity index (χ2n) is 4.19. The summed E-state index contributed by atoms with van der Waals surface area (Å²) in [5.41, 5.74) is -0.200. The fourth-order valence-electron chi connectivity index (χ4n) is 1.59. The smallest absolute Gasteiger partial charge is 0.325 e. The number of hydrogen-bond acceptors (Lipinski definition) is 5. The predicted octanol–water partition coefficient (Wildman–Crippen LogP) is 2.12. The molecule has 1 rings (SSSR count). The molecule has 1 aromatic carbocycles. The first-order valence-electron chi connectivity index (χ1n) is 5.64. The standard InChI is InChI=1S/C12H15FN2O4/c1-8(2)14(7-12(16)19-3)11-5-4-9(15(17)18)6-10(11)13/h4-6,8H,7H2,1-3H3. The summed E-state index contributed by atoms with van der Waals surface area (Å²) in [5, 5.41) is 10.5. The fourth-order valence-corrected chi connectivity index (χ4v) is 1.59. The zero-order valence-electron chi connectivity index (χ0n) is 10.9. The Labute approximate surface area is 109 Å². The number of benzene rings is 1. The molecule has 0 fully saturated rings. The van der Waals surface area contributed by atoms with E-state index < -0.39 is 16.7 Å². The maximum atomic E-state index is 13.9. The summed E-state index contributed by atoms with van der Waals surface area (Å²) in [6.45, 7) is 3.44. The average molecular weight is 270 g/mol. The zero-order chi connectivity index (χ0) is 14.6. The van der Waals surface area contributed by atoms with Crippen LogP contribution in [-0.2, 0) is 9.53 Å². The molecule has 0 radical (unpaired) electrons. The lowest BCUT2D eigenvalue weighted by Crippen LogP contribution is -2.36. The molecular formula is C12H15FN2O4. The third-order valence-electron chi connectivity index (χ3n) is 2.60. The number of carbonyl (C=O) groups excluding carboxylic acids is 1. The normalized spacial score (nSPS) is 10.4. The molecule has 1 aromatic rings. The molecule has 0 spiro atoms. The molecule has 0 aliphatic rings. The van der Waals surface area contributed by atoms with E-state index in [1.165, 1.54) is 24.1 Å². The Hall–Kier alpha value is -2.18. The first kappa shape index (κ1) is 14.9. The molecule has 0 amide bonds. The molecule has 0 atom stereocenters. The van der Waals surface area contributed by atoms with Gasteiger partial charge in [-0.3, -0.25) is 14.9 Å². The molecule has 0 saturated carbocycles. The van der Waals surface area contributed by atoms with Gasteiger partial charge in [-0.15, -0.1) is 0 Å². The minimum Gasteiger partial charge on any atom is -0.468 e. The minimum absolute atomic E-state index is 0.122. The van der Waals surface area contributed by atoms with Crippen LogP contribution in [0, 0.1) is 15.9 Å². The van der Waals surface area contributed by atoms with Gasteiger partial charge in [0.15, 0.2) is 5.82 Å². The number of carbonyl (C=O) groups is 1. The highest BCUT2D eigenvalue weighted by molar-refractivity contribution is 5.76. The van der Waals surface area contributed by atoms with Crippen molar-refractivity contribution in [3.63, 3.8) is 0 Å². The van der Waals surface area contributed by atoms with E-state index in [2.05, 4.69) is 4.74 Å². The SMILES string of the molecule is COC(=O)CN(c1ccc([N+](=O)[O-])cc1F)C(C)C. The molecule has 0 heterocycles. The van der Waals surface area contributed by atoms with Crippen molar-refractivity contribution in [1.82, 2.24) is 0 Å². The van der Waals surface area contributed by atoms with Gasteiger partial charge < -0.3 is 9.64 Å². The van der Waals surface area contributed by atoms with E-state index in [-0.39, 0.29) is 24.0 Å². The van der Waals surface area contributed by atoms with Crippen LogP contribution < -0.4 is 4.90 Å². The Kier molecular flexibility index (Phi) is 4.80. The van der Waals surface area contributed by atoms with E-state index in [0.29, 0.717) is 0 Å². The van der Waals surface area contributed by atoms with Crippen LogP contribution in [0.3, 0.4) is 0 Å². The summed E-state index contributed by atoms with van der Waals surface area (Å²) in [5.74, 6) is -1.25. The topological polar surface area (TPSA) is 72.7 Å². The van der Waals surface area contributed by atoms with Gasteiger partial charge in [-0.1, -0.05) is 0 Å². The molecule has 0 bridgehead atoms. The summed E-state index contributed by atoms with van der Waals surface area (Å²) >= 11 is 0. The van der Waals surface area contributed by atoms with Crippen LogP contribution in [0.15, 0.2) is 18.2 Å². The van der Waals surface area contributed by atoms with Crippen molar-refractivity contribution in [1.29, 1.82) is 0 Å². The third kappa shape index (κ3) is 3.64. The maximum absolute atomic E-state index is 13.9. The molecule has 0 aliphatic carbocycles. The van der Waals surface area contributed by atoms with Crippen molar-refractivity contribution in [2.75, 3.05) is 18.6 Å². The van der Waals surface area contributed by atoms with Gasteiger partial charge in [-0.2, -0.15) is 0 Å². The lowest BCUT2D eigenvalue weighted by atomic mass is 10.2. The van der Waals surface area contributed by atoms with E-state index in [9.17, 15) is 19.3 Å². The number of nitro benzene ring substituents is 1. The predicted molar refractivity (Wildman–Crippen MR) is 67.6 cm³/mol. The van der Waals surface area contributed by atoms with E-state index in [1.54, 1.807) is 13.8 Å². The Morgan fingerprint density at radius 1 is 1.53 bits per heavy atom. The first-order chi connectivity index (χ1) is 8.86. The quantitative estimate of drug-likeness (QED) is 0.465. The van der Waals surface area contributed by atoms with Crippen LogP contribution in [0.5, 0.6) is 0 Å². The second-order valence-corrected chi connectivity index (χ2v) is 4.19. The Morgan fingerprint density at radius 3 is 2.58 bits per heavy atom. The lowest BCUT2D eigenvalue weighted by molar-refractivity contribution is -0.385. The van der Waals surface area contributed by atoms with Crippen molar-refractivity contribution in [2.24, 2.45) is 0 Å².